The number of fused-ring (bicyclic) bond motifs is 1. The molecule has 8 heteroatoms. The van der Waals surface area contributed by atoms with Crippen LogP contribution in [0, 0.1) is 0 Å². The van der Waals surface area contributed by atoms with Gasteiger partial charge in [-0.2, -0.15) is 0 Å². The Balaban J connectivity index is 0.00000324. The van der Waals surface area contributed by atoms with E-state index in [1.165, 1.54) is 5.56 Å². The van der Waals surface area contributed by atoms with Crippen molar-refractivity contribution in [3.05, 3.63) is 71.9 Å². The van der Waals surface area contributed by atoms with Crippen LogP contribution in [0.4, 0.5) is 0 Å². The summed E-state index contributed by atoms with van der Waals surface area (Å²) >= 11 is 0. The molecule has 0 bridgehead atoms. The van der Waals surface area contributed by atoms with E-state index >= 15 is 0 Å². The van der Waals surface area contributed by atoms with Crippen molar-refractivity contribution >= 4 is 40.8 Å². The summed E-state index contributed by atoms with van der Waals surface area (Å²) in [7, 11) is 1.70. The third kappa shape index (κ3) is 6.80. The molecule has 0 amide bonds. The molecule has 182 valence electrons. The smallest absolute Gasteiger partial charge is 0.191 e. The van der Waals surface area contributed by atoms with Crippen molar-refractivity contribution in [2.24, 2.45) is 4.99 Å². The number of guanidine groups is 1. The number of pyridine rings is 1. The van der Waals surface area contributed by atoms with Crippen LogP contribution in [0.5, 0.6) is 5.75 Å². The van der Waals surface area contributed by atoms with Gasteiger partial charge < -0.3 is 20.1 Å². The Hall–Kier alpha value is -2.43. The number of hydrogen-bond acceptors (Lipinski definition) is 5. The first-order valence-corrected chi connectivity index (χ1v) is 11.6. The predicted molar refractivity (Wildman–Crippen MR) is 148 cm³/mol. The fourth-order valence-corrected chi connectivity index (χ4v) is 4.17. The predicted octanol–water partition coefficient (Wildman–Crippen LogP) is 3.99. The van der Waals surface area contributed by atoms with Gasteiger partial charge >= 0.3 is 0 Å². The van der Waals surface area contributed by atoms with E-state index in [4.69, 9.17) is 14.5 Å². The van der Waals surface area contributed by atoms with Crippen LogP contribution in [-0.2, 0) is 11.3 Å². The zero-order valence-electron chi connectivity index (χ0n) is 19.9. The molecule has 1 atom stereocenters. The maximum atomic E-state index is 5.59. The summed E-state index contributed by atoms with van der Waals surface area (Å²) < 4.78 is 10.9. The van der Waals surface area contributed by atoms with Gasteiger partial charge in [0.25, 0.3) is 0 Å². The molecule has 0 saturated carbocycles. The fraction of sp³-hybridized carbons (Fsp3) is 0.385. The zero-order chi connectivity index (χ0) is 22.9. The number of nitrogens with zero attached hydrogens (tertiary/aromatic N) is 3. The van der Waals surface area contributed by atoms with Crippen LogP contribution in [0.1, 0.15) is 24.1 Å². The molecule has 3 aromatic rings. The summed E-state index contributed by atoms with van der Waals surface area (Å²) in [6.07, 6.45) is 1.83. The van der Waals surface area contributed by atoms with Gasteiger partial charge in [0.15, 0.2) is 5.96 Å². The molecule has 4 rings (SSSR count). The summed E-state index contributed by atoms with van der Waals surface area (Å²) in [6, 6.07) is 18.8. The third-order valence-electron chi connectivity index (χ3n) is 5.92. The minimum atomic E-state index is 0. The van der Waals surface area contributed by atoms with Crippen LogP contribution in [0.3, 0.4) is 0 Å². The van der Waals surface area contributed by atoms with Crippen molar-refractivity contribution in [2.45, 2.75) is 19.5 Å². The number of aromatic nitrogens is 1. The average molecular weight is 575 g/mol. The number of nitrogens with one attached hydrogen (secondary N) is 2. The highest BCUT2D eigenvalue weighted by molar-refractivity contribution is 14.0. The second kappa shape index (κ2) is 13.5. The number of benzene rings is 2. The van der Waals surface area contributed by atoms with Crippen molar-refractivity contribution in [1.82, 2.24) is 20.5 Å². The molecule has 1 aliphatic heterocycles. The molecule has 2 aromatic carbocycles. The molecule has 0 radical (unpaired) electrons. The SMILES string of the molecule is CCNC(=NCc1cccc2cccnc12)NCC(c1ccc(OC)cc1)N1CCOCC1.I. The second-order valence-corrected chi connectivity index (χ2v) is 8.01. The average Bonchev–Trinajstić information content (AvgIpc) is 2.88. The van der Waals surface area contributed by atoms with Gasteiger partial charge in [-0.3, -0.25) is 9.88 Å². The largest absolute Gasteiger partial charge is 0.497 e. The minimum Gasteiger partial charge on any atom is -0.497 e. The Morgan fingerprint density at radius 2 is 1.85 bits per heavy atom. The van der Waals surface area contributed by atoms with E-state index in [0.717, 1.165) is 67.6 Å². The Labute approximate surface area is 219 Å². The van der Waals surface area contributed by atoms with E-state index in [2.05, 4.69) is 63.8 Å². The highest BCUT2D eigenvalue weighted by Crippen LogP contribution is 2.24. The number of para-hydroxylation sites is 1. The van der Waals surface area contributed by atoms with Crippen LogP contribution in [0.25, 0.3) is 10.9 Å². The molecule has 0 spiro atoms. The topological polar surface area (TPSA) is 71.0 Å². The van der Waals surface area contributed by atoms with Crippen LogP contribution in [-0.4, -0.2) is 62.3 Å². The highest BCUT2D eigenvalue weighted by Gasteiger charge is 2.23. The van der Waals surface area contributed by atoms with Gasteiger partial charge in [0.05, 0.1) is 38.4 Å². The highest BCUT2D eigenvalue weighted by atomic mass is 127. The molecule has 1 aromatic heterocycles. The molecular weight excluding hydrogens is 541 g/mol. The van der Waals surface area contributed by atoms with Gasteiger partial charge in [-0.05, 0) is 36.2 Å². The normalized spacial score (nSPS) is 15.4. The Morgan fingerprint density at radius 1 is 1.09 bits per heavy atom. The molecule has 0 aliphatic carbocycles. The lowest BCUT2D eigenvalue weighted by Gasteiger charge is -2.35. The van der Waals surface area contributed by atoms with Gasteiger partial charge in [0, 0.05) is 37.8 Å². The van der Waals surface area contributed by atoms with E-state index in [1.807, 2.05) is 24.4 Å². The Morgan fingerprint density at radius 3 is 2.59 bits per heavy atom. The number of morpholine rings is 1. The van der Waals surface area contributed by atoms with Gasteiger partial charge in [-0.1, -0.05) is 36.4 Å². The maximum absolute atomic E-state index is 5.59. The standard InChI is InChI=1S/C26H33N5O2.HI/c1-3-27-26(29-18-22-7-4-6-21-8-5-13-28-25(21)22)30-19-24(31-14-16-33-17-15-31)20-9-11-23(32-2)12-10-20;/h4-13,24H,3,14-19H2,1-2H3,(H2,27,29,30);1H. The Kier molecular flexibility index (Phi) is 10.4. The van der Waals surface area contributed by atoms with E-state index in [0.29, 0.717) is 6.54 Å². The van der Waals surface area contributed by atoms with Crippen molar-refractivity contribution in [1.29, 1.82) is 0 Å². The first-order chi connectivity index (χ1) is 16.3. The lowest BCUT2D eigenvalue weighted by Crippen LogP contribution is -2.46. The van der Waals surface area contributed by atoms with Crippen LogP contribution < -0.4 is 15.4 Å². The second-order valence-electron chi connectivity index (χ2n) is 8.01. The molecule has 1 aliphatic rings. The van der Waals surface area contributed by atoms with E-state index in [1.54, 1.807) is 7.11 Å². The van der Waals surface area contributed by atoms with Crippen molar-refractivity contribution < 1.29 is 9.47 Å². The molecule has 1 unspecified atom stereocenters. The van der Waals surface area contributed by atoms with Gasteiger partial charge in [0.2, 0.25) is 0 Å². The number of hydrogen-bond donors (Lipinski definition) is 2. The minimum absolute atomic E-state index is 0. The van der Waals surface area contributed by atoms with Gasteiger partial charge in [-0.15, -0.1) is 24.0 Å². The number of halogens is 1. The summed E-state index contributed by atoms with van der Waals surface area (Å²) in [4.78, 5) is 11.9. The number of aliphatic imine (C=N–C) groups is 1. The summed E-state index contributed by atoms with van der Waals surface area (Å²) in [5, 5.41) is 8.09. The van der Waals surface area contributed by atoms with Crippen molar-refractivity contribution in [3.8, 4) is 5.75 Å². The van der Waals surface area contributed by atoms with Crippen LogP contribution in [0.2, 0.25) is 0 Å². The number of methoxy groups -OCH3 is 1. The first-order valence-electron chi connectivity index (χ1n) is 11.6. The fourth-order valence-electron chi connectivity index (χ4n) is 4.17. The molecule has 1 saturated heterocycles. The van der Waals surface area contributed by atoms with Gasteiger partial charge in [-0.25, -0.2) is 4.99 Å². The molecule has 1 fully saturated rings. The van der Waals surface area contributed by atoms with Crippen molar-refractivity contribution in [3.63, 3.8) is 0 Å². The number of rotatable bonds is 8. The summed E-state index contributed by atoms with van der Waals surface area (Å²) in [5.41, 5.74) is 3.37. The number of ether oxygens (including phenoxy) is 2. The van der Waals surface area contributed by atoms with E-state index < -0.39 is 0 Å². The molecule has 2 N–H and O–H groups in total. The van der Waals surface area contributed by atoms with E-state index in [-0.39, 0.29) is 30.0 Å². The monoisotopic (exact) mass is 575 g/mol. The Bertz CT molecular complexity index is 1050. The summed E-state index contributed by atoms with van der Waals surface area (Å²) in [6.45, 7) is 7.52. The van der Waals surface area contributed by atoms with Crippen molar-refractivity contribution in [2.75, 3.05) is 46.5 Å². The molecule has 7 nitrogen and oxygen atoms in total. The van der Waals surface area contributed by atoms with Gasteiger partial charge in [0.1, 0.15) is 5.75 Å². The zero-order valence-corrected chi connectivity index (χ0v) is 22.2. The third-order valence-corrected chi connectivity index (χ3v) is 5.92. The lowest BCUT2D eigenvalue weighted by atomic mass is 10.0. The first kappa shape index (κ1) is 26.2. The van der Waals surface area contributed by atoms with Crippen LogP contribution in [0.15, 0.2) is 65.8 Å². The molecular formula is C26H34IN5O2. The lowest BCUT2D eigenvalue weighted by molar-refractivity contribution is 0.0170. The molecule has 2 heterocycles. The molecule has 34 heavy (non-hydrogen) atoms. The van der Waals surface area contributed by atoms with Crippen LogP contribution >= 0.6 is 24.0 Å². The quantitative estimate of drug-likeness (QED) is 0.241. The summed E-state index contributed by atoms with van der Waals surface area (Å²) in [5.74, 6) is 1.67. The maximum Gasteiger partial charge on any atom is 0.191 e. The van der Waals surface area contributed by atoms with E-state index in [9.17, 15) is 0 Å².